The van der Waals surface area contributed by atoms with Gasteiger partial charge in [0.05, 0.1) is 6.10 Å². The number of anilines is 1. The lowest BCUT2D eigenvalue weighted by molar-refractivity contribution is 0.0668. The molecule has 0 saturated carbocycles. The number of hydrogen-bond donors (Lipinski definition) is 2. The van der Waals surface area contributed by atoms with Gasteiger partial charge in [0.1, 0.15) is 6.33 Å². The molecule has 134 valence electrons. The minimum atomic E-state index is -0.246. The van der Waals surface area contributed by atoms with Crippen molar-refractivity contribution in [3.05, 3.63) is 41.7 Å². The van der Waals surface area contributed by atoms with Crippen LogP contribution in [0.15, 0.2) is 30.6 Å². The van der Waals surface area contributed by atoms with Crippen molar-refractivity contribution in [1.82, 2.24) is 19.7 Å². The summed E-state index contributed by atoms with van der Waals surface area (Å²) < 4.78 is 1.72. The van der Waals surface area contributed by atoms with Crippen LogP contribution < -0.4 is 5.32 Å². The molecule has 0 unspecified atom stereocenters. The fourth-order valence-electron chi connectivity index (χ4n) is 3.11. The zero-order valence-electron chi connectivity index (χ0n) is 14.6. The SMILES string of the molecule is CCCn1cnc(NC(=O)c2cccc(CN3CCC[C@@H](O)C3)c2)n1. The van der Waals surface area contributed by atoms with Gasteiger partial charge in [-0.3, -0.25) is 19.7 Å². The van der Waals surface area contributed by atoms with Gasteiger partial charge in [-0.2, -0.15) is 0 Å². The highest BCUT2D eigenvalue weighted by Gasteiger charge is 2.18. The quantitative estimate of drug-likeness (QED) is 0.837. The number of benzene rings is 1. The number of carbonyl (C=O) groups excluding carboxylic acids is 1. The number of hydrogen-bond acceptors (Lipinski definition) is 5. The molecule has 7 heteroatoms. The van der Waals surface area contributed by atoms with Crippen molar-refractivity contribution in [2.75, 3.05) is 18.4 Å². The van der Waals surface area contributed by atoms with Gasteiger partial charge in [-0.25, -0.2) is 4.98 Å². The molecule has 0 bridgehead atoms. The Morgan fingerprint density at radius 2 is 2.32 bits per heavy atom. The zero-order valence-corrected chi connectivity index (χ0v) is 14.6. The first-order valence-corrected chi connectivity index (χ1v) is 8.84. The number of amides is 1. The highest BCUT2D eigenvalue weighted by molar-refractivity contribution is 6.03. The van der Waals surface area contributed by atoms with Crippen molar-refractivity contribution in [2.45, 2.75) is 45.4 Å². The monoisotopic (exact) mass is 343 g/mol. The van der Waals surface area contributed by atoms with E-state index in [1.807, 2.05) is 18.2 Å². The minimum absolute atomic E-state index is 0.213. The van der Waals surface area contributed by atoms with Crippen molar-refractivity contribution in [3.63, 3.8) is 0 Å². The van der Waals surface area contributed by atoms with Gasteiger partial charge in [0.2, 0.25) is 5.95 Å². The molecule has 1 aliphatic rings. The molecule has 2 N–H and O–H groups in total. The van der Waals surface area contributed by atoms with Crippen molar-refractivity contribution in [1.29, 1.82) is 0 Å². The molecule has 0 spiro atoms. The zero-order chi connectivity index (χ0) is 17.6. The van der Waals surface area contributed by atoms with Crippen LogP contribution >= 0.6 is 0 Å². The lowest BCUT2D eigenvalue weighted by atomic mass is 10.1. The van der Waals surface area contributed by atoms with E-state index in [9.17, 15) is 9.90 Å². The van der Waals surface area contributed by atoms with E-state index < -0.39 is 0 Å². The van der Waals surface area contributed by atoms with E-state index in [1.165, 1.54) is 0 Å². The molecule has 1 aliphatic heterocycles. The van der Waals surface area contributed by atoms with Crippen LogP contribution in [0.25, 0.3) is 0 Å². The van der Waals surface area contributed by atoms with Crippen LogP contribution in [-0.2, 0) is 13.1 Å². The number of aromatic nitrogens is 3. The number of nitrogens with zero attached hydrogens (tertiary/aromatic N) is 4. The second-order valence-electron chi connectivity index (χ2n) is 6.52. The van der Waals surface area contributed by atoms with E-state index in [4.69, 9.17) is 0 Å². The Hall–Kier alpha value is -2.25. The van der Waals surface area contributed by atoms with E-state index in [-0.39, 0.29) is 12.0 Å². The fraction of sp³-hybridized carbons (Fsp3) is 0.500. The van der Waals surface area contributed by atoms with Crippen LogP contribution in [0, 0.1) is 0 Å². The van der Waals surface area contributed by atoms with Gasteiger partial charge in [0, 0.05) is 25.2 Å². The van der Waals surface area contributed by atoms with Crippen LogP contribution in [0.3, 0.4) is 0 Å². The third kappa shape index (κ3) is 4.87. The summed E-state index contributed by atoms with van der Waals surface area (Å²) in [6.45, 7) is 5.25. The largest absolute Gasteiger partial charge is 0.392 e. The standard InChI is InChI=1S/C18H25N5O2/c1-2-8-23-13-19-18(21-23)20-17(25)15-6-3-5-14(10-15)11-22-9-4-7-16(24)12-22/h3,5-6,10,13,16,24H,2,4,7-9,11-12H2,1H3,(H,20,21,25)/t16-/m1/s1. The molecule has 1 amide bonds. The van der Waals surface area contributed by atoms with E-state index in [2.05, 4.69) is 27.2 Å². The maximum Gasteiger partial charge on any atom is 0.258 e. The maximum absolute atomic E-state index is 12.4. The normalized spacial score (nSPS) is 18.2. The fourth-order valence-corrected chi connectivity index (χ4v) is 3.11. The van der Waals surface area contributed by atoms with Gasteiger partial charge in [0.25, 0.3) is 5.91 Å². The van der Waals surface area contributed by atoms with E-state index in [1.54, 1.807) is 17.1 Å². The number of likely N-dealkylation sites (tertiary alicyclic amines) is 1. The molecule has 2 aromatic rings. The Bertz CT molecular complexity index is 715. The Kier molecular flexibility index (Phi) is 5.78. The Morgan fingerprint density at radius 1 is 1.44 bits per heavy atom. The highest BCUT2D eigenvalue weighted by Crippen LogP contribution is 2.15. The van der Waals surface area contributed by atoms with Crippen LogP contribution in [0.4, 0.5) is 5.95 Å². The van der Waals surface area contributed by atoms with Crippen molar-refractivity contribution in [2.24, 2.45) is 0 Å². The third-order valence-electron chi connectivity index (χ3n) is 4.29. The van der Waals surface area contributed by atoms with E-state index in [0.717, 1.165) is 44.5 Å². The summed E-state index contributed by atoms with van der Waals surface area (Å²) in [4.78, 5) is 18.8. The maximum atomic E-state index is 12.4. The van der Waals surface area contributed by atoms with Crippen LogP contribution in [0.1, 0.15) is 42.1 Å². The van der Waals surface area contributed by atoms with E-state index in [0.29, 0.717) is 18.1 Å². The van der Waals surface area contributed by atoms with Crippen molar-refractivity contribution >= 4 is 11.9 Å². The molecular weight excluding hydrogens is 318 g/mol. The van der Waals surface area contributed by atoms with Crippen LogP contribution in [-0.4, -0.2) is 49.9 Å². The second kappa shape index (κ2) is 8.22. The van der Waals surface area contributed by atoms with Gasteiger partial charge < -0.3 is 5.11 Å². The first kappa shape index (κ1) is 17.6. The first-order chi connectivity index (χ1) is 12.1. The number of rotatable bonds is 6. The molecule has 2 heterocycles. The first-order valence-electron chi connectivity index (χ1n) is 8.84. The molecular formula is C18H25N5O2. The van der Waals surface area contributed by atoms with Crippen LogP contribution in [0.2, 0.25) is 0 Å². The Labute approximate surface area is 147 Å². The molecule has 1 aromatic heterocycles. The smallest absolute Gasteiger partial charge is 0.258 e. The number of nitrogens with one attached hydrogen (secondary N) is 1. The average Bonchev–Trinajstić information content (AvgIpc) is 3.02. The summed E-state index contributed by atoms with van der Waals surface area (Å²) in [7, 11) is 0. The molecule has 1 aromatic carbocycles. The molecule has 1 fully saturated rings. The number of β-amino-alcohol motifs (C(OH)–C–C–N with tert-alkyl or cyclic N) is 1. The summed E-state index contributed by atoms with van der Waals surface area (Å²) in [6, 6.07) is 7.56. The van der Waals surface area contributed by atoms with Crippen molar-refractivity contribution < 1.29 is 9.90 Å². The molecule has 25 heavy (non-hydrogen) atoms. The number of piperidine rings is 1. The molecule has 1 saturated heterocycles. The molecule has 0 radical (unpaired) electrons. The lowest BCUT2D eigenvalue weighted by Crippen LogP contribution is -2.37. The predicted molar refractivity (Wildman–Crippen MR) is 95.2 cm³/mol. The molecule has 7 nitrogen and oxygen atoms in total. The van der Waals surface area contributed by atoms with Crippen molar-refractivity contribution in [3.8, 4) is 0 Å². The molecule has 0 aliphatic carbocycles. The summed E-state index contributed by atoms with van der Waals surface area (Å²) in [5, 5.41) is 16.7. The van der Waals surface area contributed by atoms with Gasteiger partial charge in [0.15, 0.2) is 0 Å². The second-order valence-corrected chi connectivity index (χ2v) is 6.52. The van der Waals surface area contributed by atoms with Gasteiger partial charge in [-0.15, -0.1) is 5.10 Å². The average molecular weight is 343 g/mol. The van der Waals surface area contributed by atoms with Gasteiger partial charge in [-0.1, -0.05) is 19.1 Å². The topological polar surface area (TPSA) is 83.3 Å². The summed E-state index contributed by atoms with van der Waals surface area (Å²) in [6.07, 6.45) is 4.22. The number of aliphatic hydroxyl groups excluding tert-OH is 1. The Balaban J connectivity index is 1.62. The molecule has 1 atom stereocenters. The number of carbonyl (C=O) groups is 1. The summed E-state index contributed by atoms with van der Waals surface area (Å²) >= 11 is 0. The third-order valence-corrected chi connectivity index (χ3v) is 4.29. The lowest BCUT2D eigenvalue weighted by Gasteiger charge is -2.30. The minimum Gasteiger partial charge on any atom is -0.392 e. The number of aryl methyl sites for hydroxylation is 1. The van der Waals surface area contributed by atoms with E-state index >= 15 is 0 Å². The molecule has 3 rings (SSSR count). The Morgan fingerprint density at radius 3 is 3.12 bits per heavy atom. The van der Waals surface area contributed by atoms with Crippen LogP contribution in [0.5, 0.6) is 0 Å². The predicted octanol–water partition coefficient (Wildman–Crippen LogP) is 1.90. The summed E-state index contributed by atoms with van der Waals surface area (Å²) in [5.41, 5.74) is 1.65. The van der Waals surface area contributed by atoms with Gasteiger partial charge >= 0.3 is 0 Å². The number of aliphatic hydroxyl groups is 1. The summed E-state index contributed by atoms with van der Waals surface area (Å²) in [5.74, 6) is 0.109. The van der Waals surface area contributed by atoms with Gasteiger partial charge in [-0.05, 0) is 43.5 Å². The highest BCUT2D eigenvalue weighted by atomic mass is 16.3.